The molecule has 120 valence electrons. The van der Waals surface area contributed by atoms with Crippen molar-refractivity contribution in [1.29, 1.82) is 0 Å². The number of aliphatic hydroxyl groups is 2. The Morgan fingerprint density at radius 1 is 1.32 bits per heavy atom. The zero-order chi connectivity index (χ0) is 16.3. The van der Waals surface area contributed by atoms with Gasteiger partial charge in [0.25, 0.3) is 5.56 Å². The van der Waals surface area contributed by atoms with Crippen LogP contribution in [-0.4, -0.2) is 39.1 Å². The van der Waals surface area contributed by atoms with E-state index in [1.807, 2.05) is 19.1 Å². The molecule has 0 bridgehead atoms. The molecule has 0 saturated heterocycles. The van der Waals surface area contributed by atoms with Gasteiger partial charge in [0.1, 0.15) is 5.75 Å². The Bertz CT molecular complexity index is 711. The van der Waals surface area contributed by atoms with E-state index >= 15 is 0 Å². The third kappa shape index (κ3) is 2.99. The van der Waals surface area contributed by atoms with Crippen molar-refractivity contribution in [2.75, 3.05) is 13.2 Å². The third-order valence-electron chi connectivity index (χ3n) is 3.80. The molecule has 6 nitrogen and oxygen atoms in total. The number of aliphatic hydroxyl groups excluding tert-OH is 2. The van der Waals surface area contributed by atoms with Crippen molar-refractivity contribution in [3.63, 3.8) is 0 Å². The van der Waals surface area contributed by atoms with Crippen LogP contribution in [0.4, 0.5) is 0 Å². The van der Waals surface area contributed by atoms with Gasteiger partial charge in [0.05, 0.1) is 23.8 Å². The molecule has 1 aromatic heterocycles. The Morgan fingerprint density at radius 2 is 2.00 bits per heavy atom. The molecule has 2 aromatic rings. The number of aryl methyl sites for hydroxylation is 1. The van der Waals surface area contributed by atoms with E-state index in [1.165, 1.54) is 0 Å². The van der Waals surface area contributed by atoms with Crippen molar-refractivity contribution in [2.24, 2.45) is 0 Å². The van der Waals surface area contributed by atoms with Crippen LogP contribution in [0, 0.1) is 0 Å². The number of para-hydroxylation sites is 1. The molecule has 0 amide bonds. The Morgan fingerprint density at radius 3 is 2.64 bits per heavy atom. The first-order chi connectivity index (χ1) is 10.5. The van der Waals surface area contributed by atoms with E-state index in [4.69, 9.17) is 5.11 Å². The smallest absolute Gasteiger partial charge is 0.259 e. The number of hydrogen-bond acceptors (Lipinski definition) is 5. The van der Waals surface area contributed by atoms with Crippen molar-refractivity contribution in [1.82, 2.24) is 9.88 Å². The Balaban J connectivity index is 2.51. The molecule has 1 heterocycles. The number of hydrogen-bond donors (Lipinski definition) is 4. The first-order valence-corrected chi connectivity index (χ1v) is 7.37. The number of pyridine rings is 1. The van der Waals surface area contributed by atoms with Gasteiger partial charge in [-0.1, -0.05) is 12.1 Å². The van der Waals surface area contributed by atoms with Gasteiger partial charge in [-0.2, -0.15) is 0 Å². The van der Waals surface area contributed by atoms with E-state index in [0.717, 1.165) is 0 Å². The predicted octanol–water partition coefficient (Wildman–Crippen LogP) is 0.731. The van der Waals surface area contributed by atoms with Crippen LogP contribution < -0.4 is 10.9 Å². The molecule has 0 saturated carbocycles. The van der Waals surface area contributed by atoms with Crippen molar-refractivity contribution in [3.05, 3.63) is 40.2 Å². The number of rotatable bonds is 6. The summed E-state index contributed by atoms with van der Waals surface area (Å²) in [6, 6.07) is 6.76. The zero-order valence-corrected chi connectivity index (χ0v) is 12.8. The Labute approximate surface area is 128 Å². The van der Waals surface area contributed by atoms with Gasteiger partial charge in [0.2, 0.25) is 0 Å². The second-order valence-corrected chi connectivity index (χ2v) is 5.30. The summed E-state index contributed by atoms with van der Waals surface area (Å²) in [6.45, 7) is 3.90. The Hall–Kier alpha value is -1.89. The summed E-state index contributed by atoms with van der Waals surface area (Å²) in [5.74, 6) is -0.0382. The lowest BCUT2D eigenvalue weighted by Crippen LogP contribution is -2.35. The van der Waals surface area contributed by atoms with Crippen molar-refractivity contribution >= 4 is 10.9 Å². The van der Waals surface area contributed by atoms with Crippen molar-refractivity contribution < 1.29 is 15.3 Å². The molecule has 22 heavy (non-hydrogen) atoms. The predicted molar refractivity (Wildman–Crippen MR) is 85.1 cm³/mol. The summed E-state index contributed by atoms with van der Waals surface area (Å²) in [4.78, 5) is 12.6. The highest BCUT2D eigenvalue weighted by Gasteiger charge is 2.20. The first kappa shape index (κ1) is 16.5. The summed E-state index contributed by atoms with van der Waals surface area (Å²) >= 11 is 0. The van der Waals surface area contributed by atoms with E-state index in [0.29, 0.717) is 17.4 Å². The summed E-state index contributed by atoms with van der Waals surface area (Å²) in [5.41, 5.74) is 0.710. The van der Waals surface area contributed by atoms with Crippen LogP contribution in [0.1, 0.15) is 25.5 Å². The molecule has 0 aliphatic heterocycles. The molecule has 2 atom stereocenters. The van der Waals surface area contributed by atoms with Crippen LogP contribution >= 0.6 is 0 Å². The molecule has 4 N–H and O–H groups in total. The van der Waals surface area contributed by atoms with Crippen LogP contribution in [-0.2, 0) is 6.54 Å². The van der Waals surface area contributed by atoms with Gasteiger partial charge >= 0.3 is 0 Å². The fourth-order valence-electron chi connectivity index (χ4n) is 2.59. The fourth-order valence-corrected chi connectivity index (χ4v) is 2.59. The lowest BCUT2D eigenvalue weighted by Gasteiger charge is -2.20. The number of nitrogens with zero attached hydrogens (tertiary/aromatic N) is 1. The Kier molecular flexibility index (Phi) is 5.18. The average Bonchev–Trinajstić information content (AvgIpc) is 2.53. The highest BCUT2D eigenvalue weighted by Crippen LogP contribution is 2.29. The molecule has 0 aliphatic carbocycles. The summed E-state index contributed by atoms with van der Waals surface area (Å²) in [6.07, 6.45) is -0.904. The maximum atomic E-state index is 12.6. The molecular formula is C16H22N2O4. The average molecular weight is 306 g/mol. The van der Waals surface area contributed by atoms with E-state index in [1.54, 1.807) is 23.6 Å². The van der Waals surface area contributed by atoms with Crippen LogP contribution in [0.15, 0.2) is 29.1 Å². The van der Waals surface area contributed by atoms with Gasteiger partial charge in [0.15, 0.2) is 0 Å². The number of nitrogens with one attached hydrogen (secondary N) is 1. The molecule has 0 spiro atoms. The number of aromatic hydroxyl groups is 1. The molecule has 0 fully saturated rings. The van der Waals surface area contributed by atoms with Gasteiger partial charge < -0.3 is 25.2 Å². The zero-order valence-electron chi connectivity index (χ0n) is 12.8. The monoisotopic (exact) mass is 306 g/mol. The van der Waals surface area contributed by atoms with Crippen LogP contribution in [0.3, 0.4) is 0 Å². The largest absolute Gasteiger partial charge is 0.507 e. The fraction of sp³-hybridized carbons (Fsp3) is 0.438. The lowest BCUT2D eigenvalue weighted by atomic mass is 10.0. The topological polar surface area (TPSA) is 94.7 Å². The van der Waals surface area contributed by atoms with E-state index in [2.05, 4.69) is 5.32 Å². The first-order valence-electron chi connectivity index (χ1n) is 7.37. The second kappa shape index (κ2) is 6.91. The summed E-state index contributed by atoms with van der Waals surface area (Å²) in [5, 5.41) is 32.3. The van der Waals surface area contributed by atoms with Gasteiger partial charge in [0, 0.05) is 24.5 Å². The van der Waals surface area contributed by atoms with Crippen molar-refractivity contribution in [3.8, 4) is 5.75 Å². The summed E-state index contributed by atoms with van der Waals surface area (Å²) in [7, 11) is 0. The number of aromatic nitrogens is 1. The quantitative estimate of drug-likeness (QED) is 0.631. The molecule has 0 aliphatic rings. The van der Waals surface area contributed by atoms with Crippen molar-refractivity contribution in [2.45, 2.75) is 32.5 Å². The number of fused-ring (bicyclic) bond motifs is 1. The maximum absolute atomic E-state index is 12.6. The highest BCUT2D eigenvalue weighted by atomic mass is 16.3. The molecule has 2 rings (SSSR count). The normalized spacial score (nSPS) is 14.2. The third-order valence-corrected chi connectivity index (χ3v) is 3.80. The SMILES string of the molecule is CCn1c(=O)c([C@@H](C)NC[C@@H](O)CO)c(O)c2ccccc21. The molecular weight excluding hydrogens is 284 g/mol. The van der Waals surface area contributed by atoms with Crippen LogP contribution in [0.5, 0.6) is 5.75 Å². The maximum Gasteiger partial charge on any atom is 0.259 e. The van der Waals surface area contributed by atoms with Gasteiger partial charge in [-0.05, 0) is 26.0 Å². The van der Waals surface area contributed by atoms with Gasteiger partial charge in [-0.25, -0.2) is 0 Å². The lowest BCUT2D eigenvalue weighted by molar-refractivity contribution is 0.0922. The molecule has 0 radical (unpaired) electrons. The van der Waals surface area contributed by atoms with E-state index in [-0.39, 0.29) is 30.0 Å². The highest BCUT2D eigenvalue weighted by molar-refractivity contribution is 5.86. The molecule has 0 unspecified atom stereocenters. The number of benzene rings is 1. The van der Waals surface area contributed by atoms with E-state index < -0.39 is 12.1 Å². The minimum Gasteiger partial charge on any atom is -0.507 e. The van der Waals surface area contributed by atoms with Gasteiger partial charge in [-0.3, -0.25) is 4.79 Å². The van der Waals surface area contributed by atoms with E-state index in [9.17, 15) is 15.0 Å². The minimum absolute atomic E-state index is 0.0382. The molecule has 1 aromatic carbocycles. The summed E-state index contributed by atoms with van der Waals surface area (Å²) < 4.78 is 1.62. The van der Waals surface area contributed by atoms with Gasteiger partial charge in [-0.15, -0.1) is 0 Å². The molecule has 6 heteroatoms. The second-order valence-electron chi connectivity index (χ2n) is 5.30. The standard InChI is InChI=1S/C16H22N2O4/c1-3-18-13-7-5-4-6-12(13)15(21)14(16(18)22)10(2)17-8-11(20)9-19/h4-7,10-11,17,19-21H,3,8-9H2,1-2H3/t10-,11-/m1/s1. The minimum atomic E-state index is -0.904. The van der Waals surface area contributed by atoms with Crippen LogP contribution in [0.25, 0.3) is 10.9 Å². The van der Waals surface area contributed by atoms with Crippen LogP contribution in [0.2, 0.25) is 0 Å².